The molecule has 0 heterocycles. The fourth-order valence-electron chi connectivity index (χ4n) is 4.12. The Bertz CT molecular complexity index is 567. The number of nitrogens with zero attached hydrogens (tertiary/aromatic N) is 1. The van der Waals surface area contributed by atoms with Crippen molar-refractivity contribution in [2.75, 3.05) is 26.2 Å². The van der Waals surface area contributed by atoms with Crippen molar-refractivity contribution >= 4 is 0 Å². The highest BCUT2D eigenvalue weighted by Crippen LogP contribution is 2.41. The van der Waals surface area contributed by atoms with Gasteiger partial charge in [-0.05, 0) is 37.1 Å². The van der Waals surface area contributed by atoms with Crippen LogP contribution in [0.3, 0.4) is 0 Å². The number of rotatable bonds is 11. The number of likely N-dealkylation sites (N-methyl/N-ethyl adjacent to an activating group) is 1. The molecule has 142 valence electrons. The second-order valence-electron chi connectivity index (χ2n) is 6.85. The molecule has 0 amide bonds. The smallest absolute Gasteiger partial charge is 0.0710 e. The van der Waals surface area contributed by atoms with E-state index in [1.54, 1.807) is 0 Å². The molecular formula is C24H35NO. The van der Waals surface area contributed by atoms with Crippen molar-refractivity contribution in [3.05, 3.63) is 71.8 Å². The van der Waals surface area contributed by atoms with Crippen LogP contribution in [-0.4, -0.2) is 37.2 Å². The number of benzene rings is 2. The fourth-order valence-corrected chi connectivity index (χ4v) is 4.12. The fraction of sp³-hybridized carbons (Fsp3) is 0.500. The van der Waals surface area contributed by atoms with Gasteiger partial charge in [0.1, 0.15) is 0 Å². The molecule has 2 aromatic rings. The third-order valence-corrected chi connectivity index (χ3v) is 5.68. The first kappa shape index (κ1) is 20.7. The van der Waals surface area contributed by atoms with Gasteiger partial charge < -0.3 is 9.64 Å². The van der Waals surface area contributed by atoms with Gasteiger partial charge in [-0.3, -0.25) is 0 Å². The van der Waals surface area contributed by atoms with E-state index in [-0.39, 0.29) is 11.5 Å². The zero-order chi connectivity index (χ0) is 18.8. The number of hydrogen-bond donors (Lipinski definition) is 0. The summed E-state index contributed by atoms with van der Waals surface area (Å²) in [5.41, 5.74) is 2.59. The van der Waals surface area contributed by atoms with Crippen molar-refractivity contribution in [2.45, 2.75) is 52.1 Å². The lowest BCUT2D eigenvalue weighted by Crippen LogP contribution is -2.43. The highest BCUT2D eigenvalue weighted by Gasteiger charge is 2.40. The minimum atomic E-state index is -0.111. The van der Waals surface area contributed by atoms with Crippen molar-refractivity contribution in [1.29, 1.82) is 0 Å². The van der Waals surface area contributed by atoms with Crippen molar-refractivity contribution in [1.82, 2.24) is 4.90 Å². The standard InChI is InChI=1S/C24H35NO/c1-5-23(26-20-19-25(7-3)8-4)24(6-2,21-15-11-9-12-16-21)22-17-13-10-14-18-22/h9-18,23H,5-8,19-20H2,1-4H3. The van der Waals surface area contributed by atoms with Gasteiger partial charge in [0.05, 0.1) is 12.7 Å². The van der Waals surface area contributed by atoms with Crippen LogP contribution < -0.4 is 0 Å². The second-order valence-corrected chi connectivity index (χ2v) is 6.85. The Hall–Kier alpha value is -1.64. The van der Waals surface area contributed by atoms with Crippen LogP contribution in [0.25, 0.3) is 0 Å². The van der Waals surface area contributed by atoms with Crippen molar-refractivity contribution in [2.24, 2.45) is 0 Å². The Morgan fingerprint density at radius 3 is 1.69 bits per heavy atom. The Morgan fingerprint density at radius 2 is 1.31 bits per heavy atom. The maximum atomic E-state index is 6.55. The molecule has 2 aromatic carbocycles. The first-order chi connectivity index (χ1) is 12.7. The molecule has 2 rings (SSSR count). The van der Waals surface area contributed by atoms with E-state index in [9.17, 15) is 0 Å². The Balaban J connectivity index is 2.35. The maximum Gasteiger partial charge on any atom is 0.0710 e. The average molecular weight is 354 g/mol. The maximum absolute atomic E-state index is 6.55. The Labute approximate surface area is 160 Å². The first-order valence-electron chi connectivity index (χ1n) is 10.2. The van der Waals surface area contributed by atoms with E-state index in [2.05, 4.69) is 93.3 Å². The van der Waals surface area contributed by atoms with E-state index in [4.69, 9.17) is 4.74 Å². The summed E-state index contributed by atoms with van der Waals surface area (Å²) >= 11 is 0. The number of hydrogen-bond acceptors (Lipinski definition) is 2. The molecule has 0 aliphatic heterocycles. The molecule has 0 saturated heterocycles. The van der Waals surface area contributed by atoms with Gasteiger partial charge in [-0.2, -0.15) is 0 Å². The average Bonchev–Trinajstić information content (AvgIpc) is 2.72. The molecular weight excluding hydrogens is 318 g/mol. The van der Waals surface area contributed by atoms with Crippen LogP contribution in [0, 0.1) is 0 Å². The highest BCUT2D eigenvalue weighted by molar-refractivity contribution is 5.41. The summed E-state index contributed by atoms with van der Waals surface area (Å²) in [6, 6.07) is 21.8. The van der Waals surface area contributed by atoms with E-state index in [0.29, 0.717) is 0 Å². The van der Waals surface area contributed by atoms with Crippen molar-refractivity contribution in [3.8, 4) is 0 Å². The van der Waals surface area contributed by atoms with Gasteiger partial charge in [0, 0.05) is 12.0 Å². The molecule has 0 aromatic heterocycles. The molecule has 1 unspecified atom stereocenters. The lowest BCUT2D eigenvalue weighted by molar-refractivity contribution is -0.00461. The molecule has 0 saturated carbocycles. The van der Waals surface area contributed by atoms with Crippen LogP contribution in [0.1, 0.15) is 51.7 Å². The normalized spacial score (nSPS) is 13.1. The van der Waals surface area contributed by atoms with E-state index in [1.165, 1.54) is 11.1 Å². The molecule has 2 nitrogen and oxygen atoms in total. The van der Waals surface area contributed by atoms with E-state index < -0.39 is 0 Å². The largest absolute Gasteiger partial charge is 0.376 e. The Morgan fingerprint density at radius 1 is 0.808 bits per heavy atom. The molecule has 0 aliphatic rings. The third kappa shape index (κ3) is 4.55. The molecule has 26 heavy (non-hydrogen) atoms. The summed E-state index contributed by atoms with van der Waals surface area (Å²) in [5, 5.41) is 0. The van der Waals surface area contributed by atoms with Gasteiger partial charge in [0.25, 0.3) is 0 Å². The lowest BCUT2D eigenvalue weighted by atomic mass is 9.67. The minimum Gasteiger partial charge on any atom is -0.376 e. The van der Waals surface area contributed by atoms with E-state index >= 15 is 0 Å². The van der Waals surface area contributed by atoms with Crippen molar-refractivity contribution < 1.29 is 4.74 Å². The zero-order valence-corrected chi connectivity index (χ0v) is 16.9. The van der Waals surface area contributed by atoms with Gasteiger partial charge in [0.15, 0.2) is 0 Å². The minimum absolute atomic E-state index is 0.111. The van der Waals surface area contributed by atoms with Gasteiger partial charge in [0.2, 0.25) is 0 Å². The predicted octanol–water partition coefficient (Wildman–Crippen LogP) is 5.52. The first-order valence-corrected chi connectivity index (χ1v) is 10.2. The van der Waals surface area contributed by atoms with Gasteiger partial charge in [-0.1, -0.05) is 88.4 Å². The molecule has 0 bridgehead atoms. The highest BCUT2D eigenvalue weighted by atomic mass is 16.5. The monoisotopic (exact) mass is 353 g/mol. The predicted molar refractivity (Wildman–Crippen MR) is 112 cm³/mol. The molecule has 0 N–H and O–H groups in total. The SMILES string of the molecule is CCC(OCCN(CC)CC)C(CC)(c1ccccc1)c1ccccc1. The quantitative estimate of drug-likeness (QED) is 0.527. The van der Waals surface area contributed by atoms with Crippen molar-refractivity contribution in [3.63, 3.8) is 0 Å². The summed E-state index contributed by atoms with van der Waals surface area (Å²) in [5.74, 6) is 0. The number of ether oxygens (including phenoxy) is 1. The van der Waals surface area contributed by atoms with E-state index in [1.807, 2.05) is 0 Å². The molecule has 0 radical (unpaired) electrons. The van der Waals surface area contributed by atoms with Crippen LogP contribution in [0.15, 0.2) is 60.7 Å². The summed E-state index contributed by atoms with van der Waals surface area (Å²) in [6.45, 7) is 12.9. The van der Waals surface area contributed by atoms with Crippen LogP contribution in [0.4, 0.5) is 0 Å². The summed E-state index contributed by atoms with van der Waals surface area (Å²) in [4.78, 5) is 2.42. The third-order valence-electron chi connectivity index (χ3n) is 5.68. The molecule has 2 heteroatoms. The molecule has 0 aliphatic carbocycles. The van der Waals surface area contributed by atoms with Crippen LogP contribution >= 0.6 is 0 Å². The van der Waals surface area contributed by atoms with Gasteiger partial charge >= 0.3 is 0 Å². The lowest BCUT2D eigenvalue weighted by Gasteiger charge is -2.41. The Kier molecular flexibility index (Phi) is 8.34. The van der Waals surface area contributed by atoms with Crippen LogP contribution in [0.5, 0.6) is 0 Å². The summed E-state index contributed by atoms with van der Waals surface area (Å²) in [6.07, 6.45) is 2.17. The molecule has 1 atom stereocenters. The summed E-state index contributed by atoms with van der Waals surface area (Å²) < 4.78 is 6.55. The van der Waals surface area contributed by atoms with Gasteiger partial charge in [-0.25, -0.2) is 0 Å². The zero-order valence-electron chi connectivity index (χ0n) is 16.9. The second kappa shape index (κ2) is 10.5. The van der Waals surface area contributed by atoms with E-state index in [0.717, 1.165) is 39.1 Å². The topological polar surface area (TPSA) is 12.5 Å². The van der Waals surface area contributed by atoms with Gasteiger partial charge in [-0.15, -0.1) is 0 Å². The van der Waals surface area contributed by atoms with Crippen LogP contribution in [0.2, 0.25) is 0 Å². The van der Waals surface area contributed by atoms with Crippen LogP contribution in [-0.2, 0) is 10.2 Å². The summed E-state index contributed by atoms with van der Waals surface area (Å²) in [7, 11) is 0. The molecule has 0 spiro atoms. The molecule has 0 fully saturated rings.